The highest BCUT2D eigenvalue weighted by Crippen LogP contribution is 2.15. The van der Waals surface area contributed by atoms with Crippen molar-refractivity contribution in [3.8, 4) is 11.6 Å². The van der Waals surface area contributed by atoms with Crippen LogP contribution in [0.5, 0.6) is 5.88 Å². The van der Waals surface area contributed by atoms with E-state index in [0.29, 0.717) is 5.69 Å². The summed E-state index contributed by atoms with van der Waals surface area (Å²) in [7, 11) is 0. The zero-order chi connectivity index (χ0) is 16.2. The highest BCUT2D eigenvalue weighted by Gasteiger charge is 2.14. The van der Waals surface area contributed by atoms with Gasteiger partial charge in [0.15, 0.2) is 0 Å². The average molecular weight is 314 g/mol. The fraction of sp³-hybridized carbons (Fsp3) is 0.312. The molecule has 0 radical (unpaired) electrons. The van der Waals surface area contributed by atoms with Gasteiger partial charge in [0.2, 0.25) is 5.88 Å². The van der Waals surface area contributed by atoms with Crippen molar-refractivity contribution in [1.29, 1.82) is 0 Å². The molecule has 120 valence electrons. The molecule has 1 aromatic carbocycles. The van der Waals surface area contributed by atoms with Crippen LogP contribution in [0.4, 0.5) is 0 Å². The predicted molar refractivity (Wildman–Crippen MR) is 87.3 cm³/mol. The molecule has 2 heterocycles. The largest absolute Gasteiger partial charge is 0.493 e. The summed E-state index contributed by atoms with van der Waals surface area (Å²) >= 11 is 0. The maximum Gasteiger partial charge on any atom is 0.335 e. The molecule has 1 fully saturated rings. The molecule has 23 heavy (non-hydrogen) atoms. The Hall–Kier alpha value is -2.83. The van der Waals surface area contributed by atoms with Gasteiger partial charge in [-0.15, -0.1) is 0 Å². The van der Waals surface area contributed by atoms with E-state index in [1.54, 1.807) is 30.3 Å². The number of aromatic nitrogens is 2. The molecule has 3 rings (SSSR count). The van der Waals surface area contributed by atoms with Crippen molar-refractivity contribution in [2.24, 2.45) is 5.10 Å². The summed E-state index contributed by atoms with van der Waals surface area (Å²) < 4.78 is 1.05. The molecule has 0 bridgehead atoms. The zero-order valence-corrected chi connectivity index (χ0v) is 12.6. The van der Waals surface area contributed by atoms with Crippen molar-refractivity contribution in [3.05, 3.63) is 56.7 Å². The molecule has 0 amide bonds. The highest BCUT2D eigenvalue weighted by molar-refractivity contribution is 5.82. The van der Waals surface area contributed by atoms with E-state index >= 15 is 0 Å². The molecule has 2 N–H and O–H groups in total. The third kappa shape index (κ3) is 3.18. The molecular formula is C16H18N4O3. The molecule has 1 aliphatic rings. The number of hydrogen-bond donors (Lipinski definition) is 2. The standard InChI is InChI=1S/C16H18N4O3/c21-14-13(11-17-19-9-5-2-6-10-19)15(22)20(16(23)18-14)12-7-3-1-4-8-12/h1,3-4,7-8,11,22H,2,5-6,9-10H2,(H,18,21,23). The monoisotopic (exact) mass is 314 g/mol. The lowest BCUT2D eigenvalue weighted by Crippen LogP contribution is -2.32. The number of piperidine rings is 1. The zero-order valence-electron chi connectivity index (χ0n) is 12.6. The van der Waals surface area contributed by atoms with E-state index < -0.39 is 17.1 Å². The summed E-state index contributed by atoms with van der Waals surface area (Å²) in [5, 5.41) is 16.5. The van der Waals surface area contributed by atoms with Crippen molar-refractivity contribution in [3.63, 3.8) is 0 Å². The summed E-state index contributed by atoms with van der Waals surface area (Å²) in [6.45, 7) is 1.65. The second-order valence-electron chi connectivity index (χ2n) is 5.43. The molecule has 7 heteroatoms. The number of rotatable bonds is 3. The Kier molecular flexibility index (Phi) is 4.27. The van der Waals surface area contributed by atoms with E-state index in [0.717, 1.165) is 30.5 Å². The summed E-state index contributed by atoms with van der Waals surface area (Å²) in [5.41, 5.74) is -0.896. The van der Waals surface area contributed by atoms with Crippen molar-refractivity contribution >= 4 is 6.21 Å². The summed E-state index contributed by atoms with van der Waals surface area (Å²) in [6, 6.07) is 8.63. The molecule has 0 saturated carbocycles. The second kappa shape index (κ2) is 6.51. The molecule has 2 aromatic rings. The lowest BCUT2D eigenvalue weighted by Gasteiger charge is -2.23. The summed E-state index contributed by atoms with van der Waals surface area (Å²) in [4.78, 5) is 26.2. The van der Waals surface area contributed by atoms with Gasteiger partial charge in [-0.1, -0.05) is 18.2 Å². The minimum absolute atomic E-state index is 0.0287. The number of para-hydroxylation sites is 1. The number of aromatic hydroxyl groups is 1. The molecule has 0 aliphatic carbocycles. The van der Waals surface area contributed by atoms with E-state index in [-0.39, 0.29) is 5.56 Å². The van der Waals surface area contributed by atoms with Gasteiger partial charge < -0.3 is 5.11 Å². The molecular weight excluding hydrogens is 296 g/mol. The van der Waals surface area contributed by atoms with Gasteiger partial charge >= 0.3 is 5.69 Å². The van der Waals surface area contributed by atoms with Gasteiger partial charge in [-0.2, -0.15) is 5.10 Å². The van der Waals surface area contributed by atoms with Crippen LogP contribution in [0.3, 0.4) is 0 Å². The van der Waals surface area contributed by atoms with E-state index in [1.807, 2.05) is 5.01 Å². The summed E-state index contributed by atoms with van der Waals surface area (Å²) in [5.74, 6) is -0.411. The smallest absolute Gasteiger partial charge is 0.335 e. The van der Waals surface area contributed by atoms with Crippen LogP contribution in [0.25, 0.3) is 5.69 Å². The lowest BCUT2D eigenvalue weighted by molar-refractivity contribution is 0.240. The molecule has 1 aliphatic heterocycles. The number of nitrogens with one attached hydrogen (secondary N) is 1. The third-order valence-electron chi connectivity index (χ3n) is 3.82. The first-order valence-electron chi connectivity index (χ1n) is 7.59. The van der Waals surface area contributed by atoms with E-state index in [9.17, 15) is 14.7 Å². The first kappa shape index (κ1) is 15.1. The minimum Gasteiger partial charge on any atom is -0.493 e. The van der Waals surface area contributed by atoms with Crippen LogP contribution in [0.2, 0.25) is 0 Å². The lowest BCUT2D eigenvalue weighted by atomic mass is 10.2. The number of H-pyrrole nitrogens is 1. The maximum atomic E-state index is 12.0. The first-order valence-corrected chi connectivity index (χ1v) is 7.59. The Morgan fingerprint density at radius 3 is 2.48 bits per heavy atom. The number of hydrazone groups is 1. The number of aromatic amines is 1. The quantitative estimate of drug-likeness (QED) is 0.829. The summed E-state index contributed by atoms with van der Waals surface area (Å²) in [6.07, 6.45) is 4.61. The van der Waals surface area contributed by atoms with Crippen LogP contribution >= 0.6 is 0 Å². The normalized spacial score (nSPS) is 15.2. The molecule has 0 spiro atoms. The first-order chi connectivity index (χ1) is 11.2. The Labute approximate surface area is 132 Å². The predicted octanol–water partition coefficient (Wildman–Crippen LogP) is 1.05. The second-order valence-corrected chi connectivity index (χ2v) is 5.43. The minimum atomic E-state index is -0.686. The number of benzene rings is 1. The molecule has 1 aromatic heterocycles. The molecule has 7 nitrogen and oxygen atoms in total. The van der Waals surface area contributed by atoms with Crippen molar-refractivity contribution in [2.75, 3.05) is 13.1 Å². The number of hydrogen-bond acceptors (Lipinski definition) is 5. The fourth-order valence-electron chi connectivity index (χ4n) is 2.60. The Bertz CT molecular complexity index is 817. The molecule has 1 saturated heterocycles. The maximum absolute atomic E-state index is 12.0. The van der Waals surface area contributed by atoms with Gasteiger partial charge in [-0.3, -0.25) is 14.8 Å². The Balaban J connectivity index is 2.02. The van der Waals surface area contributed by atoms with Gasteiger partial charge in [0, 0.05) is 13.1 Å². The van der Waals surface area contributed by atoms with Gasteiger partial charge in [0.1, 0.15) is 5.56 Å². The van der Waals surface area contributed by atoms with Crippen LogP contribution in [0, 0.1) is 0 Å². The van der Waals surface area contributed by atoms with Crippen molar-refractivity contribution < 1.29 is 5.11 Å². The number of nitrogens with zero attached hydrogens (tertiary/aromatic N) is 3. The van der Waals surface area contributed by atoms with Gasteiger partial charge in [-0.05, 0) is 31.4 Å². The van der Waals surface area contributed by atoms with Crippen LogP contribution in [-0.4, -0.2) is 39.0 Å². The fourth-order valence-corrected chi connectivity index (χ4v) is 2.60. The van der Waals surface area contributed by atoms with Crippen LogP contribution in [0.1, 0.15) is 24.8 Å². The highest BCUT2D eigenvalue weighted by atomic mass is 16.3. The Morgan fingerprint density at radius 1 is 1.09 bits per heavy atom. The SMILES string of the molecule is O=c1[nH]c(=O)n(-c2ccccc2)c(O)c1C=NN1CCCCC1. The van der Waals surface area contributed by atoms with Gasteiger partial charge in [0.25, 0.3) is 5.56 Å². The topological polar surface area (TPSA) is 90.7 Å². The molecule has 0 unspecified atom stereocenters. The van der Waals surface area contributed by atoms with E-state index in [1.165, 1.54) is 12.6 Å². The third-order valence-corrected chi connectivity index (χ3v) is 3.82. The van der Waals surface area contributed by atoms with Gasteiger partial charge in [-0.25, -0.2) is 9.36 Å². The van der Waals surface area contributed by atoms with Crippen LogP contribution in [-0.2, 0) is 0 Å². The average Bonchev–Trinajstić information content (AvgIpc) is 2.56. The van der Waals surface area contributed by atoms with E-state index in [2.05, 4.69) is 10.1 Å². The Morgan fingerprint density at radius 2 is 1.78 bits per heavy atom. The van der Waals surface area contributed by atoms with Crippen molar-refractivity contribution in [1.82, 2.24) is 14.6 Å². The van der Waals surface area contributed by atoms with Crippen LogP contribution < -0.4 is 11.2 Å². The van der Waals surface area contributed by atoms with E-state index in [4.69, 9.17) is 0 Å². The molecule has 0 atom stereocenters. The van der Waals surface area contributed by atoms with Crippen molar-refractivity contribution in [2.45, 2.75) is 19.3 Å². The van der Waals surface area contributed by atoms with Crippen LogP contribution in [0.15, 0.2) is 45.0 Å². The van der Waals surface area contributed by atoms with Gasteiger partial charge in [0.05, 0.1) is 11.9 Å².